The topological polar surface area (TPSA) is 73.3 Å². The summed E-state index contributed by atoms with van der Waals surface area (Å²) < 4.78 is 10.7. The Bertz CT molecular complexity index is 867. The Labute approximate surface area is 158 Å². The van der Waals surface area contributed by atoms with Gasteiger partial charge in [0.05, 0.1) is 7.11 Å². The largest absolute Gasteiger partial charge is 0.493 e. The fourth-order valence-electron chi connectivity index (χ4n) is 2.50. The van der Waals surface area contributed by atoms with E-state index in [1.165, 1.54) is 0 Å². The normalized spacial score (nSPS) is 10.3. The summed E-state index contributed by atoms with van der Waals surface area (Å²) in [4.78, 5) is 20.7. The number of benzene rings is 2. The van der Waals surface area contributed by atoms with E-state index in [0.29, 0.717) is 30.3 Å². The Morgan fingerprint density at radius 2 is 1.63 bits per heavy atom. The maximum Gasteiger partial charge on any atom is 0.257 e. The van der Waals surface area contributed by atoms with Gasteiger partial charge in [0.25, 0.3) is 5.91 Å². The van der Waals surface area contributed by atoms with Gasteiger partial charge in [0.1, 0.15) is 0 Å². The van der Waals surface area contributed by atoms with Crippen molar-refractivity contribution < 1.29 is 14.3 Å². The third-order valence-electron chi connectivity index (χ3n) is 3.90. The first-order valence-corrected chi connectivity index (χ1v) is 8.65. The molecule has 3 aromatic rings. The minimum absolute atomic E-state index is 0.0657. The highest BCUT2D eigenvalue weighted by Gasteiger charge is 2.07. The molecule has 0 saturated heterocycles. The van der Waals surface area contributed by atoms with Crippen LogP contribution in [-0.4, -0.2) is 36.1 Å². The van der Waals surface area contributed by atoms with Crippen molar-refractivity contribution in [2.75, 3.05) is 20.3 Å². The smallest absolute Gasteiger partial charge is 0.257 e. The van der Waals surface area contributed by atoms with Crippen LogP contribution in [0.5, 0.6) is 11.5 Å². The quantitative estimate of drug-likeness (QED) is 0.666. The fourth-order valence-corrected chi connectivity index (χ4v) is 2.50. The number of aromatic nitrogens is 2. The molecule has 1 aromatic heterocycles. The van der Waals surface area contributed by atoms with Crippen molar-refractivity contribution in [3.05, 3.63) is 72.6 Å². The summed E-state index contributed by atoms with van der Waals surface area (Å²) in [5.41, 5.74) is 1.94. The summed E-state index contributed by atoms with van der Waals surface area (Å²) in [6.45, 7) is 0.423. The first kappa shape index (κ1) is 18.4. The number of para-hydroxylation sites is 2. The molecule has 6 nitrogen and oxygen atoms in total. The minimum atomic E-state index is -0.192. The highest BCUT2D eigenvalue weighted by atomic mass is 16.5. The summed E-state index contributed by atoms with van der Waals surface area (Å²) in [5.74, 6) is 1.64. The van der Waals surface area contributed by atoms with Crippen LogP contribution in [0.2, 0.25) is 0 Å². The van der Waals surface area contributed by atoms with E-state index in [-0.39, 0.29) is 12.5 Å². The SMILES string of the molecule is COc1ccccc1OCC(=O)NCCc1cnc(-c2ccccc2)nc1. The molecule has 3 rings (SSSR count). The van der Waals surface area contributed by atoms with E-state index < -0.39 is 0 Å². The summed E-state index contributed by atoms with van der Waals surface area (Å²) in [7, 11) is 1.56. The van der Waals surface area contributed by atoms with Crippen LogP contribution in [0.15, 0.2) is 67.0 Å². The Kier molecular flexibility index (Phi) is 6.35. The molecule has 0 spiro atoms. The van der Waals surface area contributed by atoms with Crippen molar-refractivity contribution in [1.29, 1.82) is 0 Å². The predicted octanol–water partition coefficient (Wildman–Crippen LogP) is 2.89. The highest BCUT2D eigenvalue weighted by molar-refractivity contribution is 5.77. The predicted molar refractivity (Wildman–Crippen MR) is 103 cm³/mol. The van der Waals surface area contributed by atoms with E-state index in [1.807, 2.05) is 42.5 Å². The summed E-state index contributed by atoms with van der Waals surface area (Å²) in [6, 6.07) is 17.0. The average Bonchev–Trinajstić information content (AvgIpc) is 2.73. The van der Waals surface area contributed by atoms with Crippen LogP contribution in [0.25, 0.3) is 11.4 Å². The van der Waals surface area contributed by atoms with Gasteiger partial charge in [-0.2, -0.15) is 0 Å². The van der Waals surface area contributed by atoms with E-state index in [9.17, 15) is 4.79 Å². The number of amides is 1. The molecule has 1 amide bonds. The van der Waals surface area contributed by atoms with Crippen molar-refractivity contribution in [2.24, 2.45) is 0 Å². The van der Waals surface area contributed by atoms with Gasteiger partial charge in [-0.3, -0.25) is 4.79 Å². The molecule has 0 bridgehead atoms. The number of nitrogens with one attached hydrogen (secondary N) is 1. The zero-order valence-corrected chi connectivity index (χ0v) is 15.1. The van der Waals surface area contributed by atoms with Crippen LogP contribution in [0.1, 0.15) is 5.56 Å². The molecular weight excluding hydrogens is 342 g/mol. The van der Waals surface area contributed by atoms with Gasteiger partial charge in [0, 0.05) is 24.5 Å². The molecule has 27 heavy (non-hydrogen) atoms. The van der Waals surface area contributed by atoms with E-state index in [1.54, 1.807) is 31.6 Å². The van der Waals surface area contributed by atoms with Crippen molar-refractivity contribution >= 4 is 5.91 Å². The van der Waals surface area contributed by atoms with Crippen LogP contribution in [0.3, 0.4) is 0 Å². The van der Waals surface area contributed by atoms with E-state index in [4.69, 9.17) is 9.47 Å². The first-order valence-electron chi connectivity index (χ1n) is 8.65. The Morgan fingerprint density at radius 1 is 0.963 bits per heavy atom. The van der Waals surface area contributed by atoms with Gasteiger partial charge in [-0.25, -0.2) is 9.97 Å². The zero-order valence-electron chi connectivity index (χ0n) is 15.1. The molecule has 2 aromatic carbocycles. The van der Waals surface area contributed by atoms with E-state index in [0.717, 1.165) is 11.1 Å². The van der Waals surface area contributed by atoms with E-state index in [2.05, 4.69) is 15.3 Å². The van der Waals surface area contributed by atoms with Gasteiger partial charge in [0.15, 0.2) is 23.9 Å². The number of ether oxygens (including phenoxy) is 2. The fraction of sp³-hybridized carbons (Fsp3) is 0.190. The first-order chi connectivity index (χ1) is 13.3. The number of nitrogens with zero attached hydrogens (tertiary/aromatic N) is 2. The van der Waals surface area contributed by atoms with Crippen molar-refractivity contribution in [3.63, 3.8) is 0 Å². The monoisotopic (exact) mass is 363 g/mol. The van der Waals surface area contributed by atoms with Gasteiger partial charge in [0.2, 0.25) is 0 Å². The lowest BCUT2D eigenvalue weighted by Gasteiger charge is -2.10. The van der Waals surface area contributed by atoms with Gasteiger partial charge >= 0.3 is 0 Å². The zero-order chi connectivity index (χ0) is 18.9. The molecule has 0 aliphatic heterocycles. The molecule has 0 atom stereocenters. The molecule has 1 N–H and O–H groups in total. The van der Waals surface area contributed by atoms with Gasteiger partial charge < -0.3 is 14.8 Å². The van der Waals surface area contributed by atoms with E-state index >= 15 is 0 Å². The number of rotatable bonds is 8. The van der Waals surface area contributed by atoms with Crippen LogP contribution >= 0.6 is 0 Å². The third-order valence-corrected chi connectivity index (χ3v) is 3.90. The Balaban J connectivity index is 1.43. The third kappa shape index (κ3) is 5.28. The molecule has 0 unspecified atom stereocenters. The summed E-state index contributed by atoms with van der Waals surface area (Å²) in [5, 5.41) is 2.82. The highest BCUT2D eigenvalue weighted by Crippen LogP contribution is 2.25. The molecule has 0 saturated carbocycles. The molecule has 0 aliphatic rings. The maximum absolute atomic E-state index is 11.9. The number of hydrogen-bond acceptors (Lipinski definition) is 5. The molecule has 0 radical (unpaired) electrons. The molecule has 6 heteroatoms. The molecule has 0 fully saturated rings. The average molecular weight is 363 g/mol. The van der Waals surface area contributed by atoms with Crippen molar-refractivity contribution in [2.45, 2.75) is 6.42 Å². The summed E-state index contributed by atoms with van der Waals surface area (Å²) in [6.07, 6.45) is 4.22. The second kappa shape index (κ2) is 9.33. The minimum Gasteiger partial charge on any atom is -0.493 e. The van der Waals surface area contributed by atoms with Gasteiger partial charge in [-0.15, -0.1) is 0 Å². The molecule has 0 aliphatic carbocycles. The van der Waals surface area contributed by atoms with Crippen LogP contribution < -0.4 is 14.8 Å². The van der Waals surface area contributed by atoms with Crippen LogP contribution in [-0.2, 0) is 11.2 Å². The number of methoxy groups -OCH3 is 1. The summed E-state index contributed by atoms with van der Waals surface area (Å²) >= 11 is 0. The molecule has 138 valence electrons. The van der Waals surface area contributed by atoms with Crippen LogP contribution in [0.4, 0.5) is 0 Å². The Morgan fingerprint density at radius 3 is 2.33 bits per heavy atom. The second-order valence-electron chi connectivity index (χ2n) is 5.82. The standard InChI is InChI=1S/C21H21N3O3/c1-26-18-9-5-6-10-19(18)27-15-20(25)22-12-11-16-13-23-21(24-14-16)17-7-3-2-4-8-17/h2-10,13-14H,11-12,15H2,1H3,(H,22,25). The van der Waals surface area contributed by atoms with Crippen molar-refractivity contribution in [3.8, 4) is 22.9 Å². The molecular formula is C21H21N3O3. The van der Waals surface area contributed by atoms with Gasteiger partial charge in [-0.1, -0.05) is 42.5 Å². The number of carbonyl (C=O) groups is 1. The maximum atomic E-state index is 11.9. The van der Waals surface area contributed by atoms with Crippen LogP contribution in [0, 0.1) is 0 Å². The van der Waals surface area contributed by atoms with Crippen molar-refractivity contribution in [1.82, 2.24) is 15.3 Å². The second-order valence-corrected chi connectivity index (χ2v) is 5.82. The molecule has 1 heterocycles. The Hall–Kier alpha value is -3.41. The lowest BCUT2D eigenvalue weighted by molar-refractivity contribution is -0.123. The number of carbonyl (C=O) groups excluding carboxylic acids is 1. The van der Waals surface area contributed by atoms with Gasteiger partial charge in [-0.05, 0) is 24.1 Å². The lowest BCUT2D eigenvalue weighted by Crippen LogP contribution is -2.30. The lowest BCUT2D eigenvalue weighted by atomic mass is 10.2. The number of hydrogen-bond donors (Lipinski definition) is 1.